The minimum atomic E-state index is -0.272. The Kier molecular flexibility index (Phi) is 5.81. The Labute approximate surface area is 139 Å². The fourth-order valence-electron chi connectivity index (χ4n) is 2.88. The molecule has 1 aromatic rings. The van der Waals surface area contributed by atoms with Crippen molar-refractivity contribution in [3.05, 3.63) is 12.3 Å². The number of carbonyl (C=O) groups is 1. The molecule has 2 rings (SSSR count). The summed E-state index contributed by atoms with van der Waals surface area (Å²) < 4.78 is 7.59. The highest BCUT2D eigenvalue weighted by molar-refractivity contribution is 5.93. The largest absolute Gasteiger partial charge is 0.378 e. The molecule has 0 spiro atoms. The zero-order valence-corrected chi connectivity index (χ0v) is 14.9. The van der Waals surface area contributed by atoms with Crippen LogP contribution in [-0.4, -0.2) is 41.0 Å². The monoisotopic (exact) mass is 322 g/mol. The van der Waals surface area contributed by atoms with E-state index in [0.717, 1.165) is 31.8 Å². The molecule has 0 saturated carbocycles. The molecule has 2 N–H and O–H groups in total. The first-order chi connectivity index (χ1) is 10.8. The fourth-order valence-corrected chi connectivity index (χ4v) is 2.88. The molecule has 2 heterocycles. The molecule has 23 heavy (non-hydrogen) atoms. The molecule has 6 nitrogen and oxygen atoms in total. The number of nitrogens with zero attached hydrogens (tertiary/aromatic N) is 2. The van der Waals surface area contributed by atoms with Gasteiger partial charge in [0.2, 0.25) is 5.91 Å². The number of amides is 1. The third kappa shape index (κ3) is 4.54. The molecule has 2 atom stereocenters. The number of ether oxygens (including phenoxy) is 1. The van der Waals surface area contributed by atoms with Gasteiger partial charge < -0.3 is 15.4 Å². The molecule has 0 radical (unpaired) electrons. The Morgan fingerprint density at radius 1 is 1.48 bits per heavy atom. The van der Waals surface area contributed by atoms with E-state index < -0.39 is 0 Å². The molecule has 1 aromatic heterocycles. The Balaban J connectivity index is 1.86. The van der Waals surface area contributed by atoms with Crippen LogP contribution >= 0.6 is 0 Å². The fraction of sp³-hybridized carbons (Fsp3) is 0.765. The molecule has 1 saturated heterocycles. The van der Waals surface area contributed by atoms with E-state index >= 15 is 0 Å². The van der Waals surface area contributed by atoms with Gasteiger partial charge in [0.25, 0.3) is 0 Å². The van der Waals surface area contributed by atoms with Gasteiger partial charge in [-0.25, -0.2) is 4.68 Å². The molecular weight excluding hydrogens is 292 g/mol. The summed E-state index contributed by atoms with van der Waals surface area (Å²) >= 11 is 0. The number of carbonyl (C=O) groups excluding carboxylic acids is 1. The van der Waals surface area contributed by atoms with Crippen LogP contribution in [0.4, 0.5) is 5.82 Å². The summed E-state index contributed by atoms with van der Waals surface area (Å²) in [4.78, 5) is 12.4. The summed E-state index contributed by atoms with van der Waals surface area (Å²) in [5.74, 6) is 0.688. The van der Waals surface area contributed by atoms with Gasteiger partial charge in [0.1, 0.15) is 5.82 Å². The molecule has 0 aliphatic carbocycles. The number of hydrogen-bond donors (Lipinski definition) is 2. The van der Waals surface area contributed by atoms with Gasteiger partial charge in [-0.1, -0.05) is 13.8 Å². The maximum absolute atomic E-state index is 12.4. The van der Waals surface area contributed by atoms with E-state index in [1.807, 2.05) is 26.8 Å². The SMILES string of the molecule is CC(NCC(C)(C)C1CCCO1)C(=O)Nc1ccnn1C(C)C. The maximum atomic E-state index is 12.4. The van der Waals surface area contributed by atoms with Crippen molar-refractivity contribution in [3.8, 4) is 0 Å². The van der Waals surface area contributed by atoms with Crippen LogP contribution in [-0.2, 0) is 9.53 Å². The van der Waals surface area contributed by atoms with Gasteiger partial charge in [-0.2, -0.15) is 5.10 Å². The zero-order chi connectivity index (χ0) is 17.0. The quantitative estimate of drug-likeness (QED) is 0.809. The van der Waals surface area contributed by atoms with Gasteiger partial charge in [0.05, 0.1) is 18.3 Å². The summed E-state index contributed by atoms with van der Waals surface area (Å²) in [7, 11) is 0. The van der Waals surface area contributed by atoms with Gasteiger partial charge in [0, 0.05) is 30.7 Å². The van der Waals surface area contributed by atoms with Crippen LogP contribution in [0.3, 0.4) is 0 Å². The molecule has 1 fully saturated rings. The van der Waals surface area contributed by atoms with Gasteiger partial charge in [-0.15, -0.1) is 0 Å². The predicted molar refractivity (Wildman–Crippen MR) is 91.5 cm³/mol. The second kappa shape index (κ2) is 7.45. The molecule has 130 valence electrons. The molecule has 0 bridgehead atoms. The summed E-state index contributed by atoms with van der Waals surface area (Å²) in [6.45, 7) is 11.9. The van der Waals surface area contributed by atoms with Crippen molar-refractivity contribution in [2.75, 3.05) is 18.5 Å². The van der Waals surface area contributed by atoms with Gasteiger partial charge in [-0.05, 0) is 33.6 Å². The van der Waals surface area contributed by atoms with Crippen LogP contribution in [0.15, 0.2) is 12.3 Å². The Morgan fingerprint density at radius 3 is 2.83 bits per heavy atom. The van der Waals surface area contributed by atoms with Crippen molar-refractivity contribution >= 4 is 11.7 Å². The Morgan fingerprint density at radius 2 is 2.22 bits per heavy atom. The zero-order valence-electron chi connectivity index (χ0n) is 14.9. The van der Waals surface area contributed by atoms with Crippen LogP contribution in [0.1, 0.15) is 53.5 Å². The number of nitrogens with one attached hydrogen (secondary N) is 2. The average Bonchev–Trinajstić information content (AvgIpc) is 3.15. The van der Waals surface area contributed by atoms with Crippen molar-refractivity contribution in [1.29, 1.82) is 0 Å². The lowest BCUT2D eigenvalue weighted by Gasteiger charge is -2.32. The smallest absolute Gasteiger partial charge is 0.242 e. The molecule has 2 unspecified atom stereocenters. The Bertz CT molecular complexity index is 518. The Hall–Kier alpha value is -1.40. The topological polar surface area (TPSA) is 68.2 Å². The average molecular weight is 322 g/mol. The highest BCUT2D eigenvalue weighted by atomic mass is 16.5. The minimum Gasteiger partial charge on any atom is -0.378 e. The first kappa shape index (κ1) is 17.9. The molecule has 6 heteroatoms. The minimum absolute atomic E-state index is 0.0186. The molecule has 1 amide bonds. The van der Waals surface area contributed by atoms with Crippen LogP contribution in [0.5, 0.6) is 0 Å². The van der Waals surface area contributed by atoms with E-state index in [2.05, 4.69) is 29.6 Å². The number of rotatable bonds is 7. The van der Waals surface area contributed by atoms with Gasteiger partial charge >= 0.3 is 0 Å². The van der Waals surface area contributed by atoms with Crippen LogP contribution in [0.2, 0.25) is 0 Å². The highest BCUT2D eigenvalue weighted by Gasteiger charge is 2.33. The lowest BCUT2D eigenvalue weighted by molar-refractivity contribution is -0.118. The van der Waals surface area contributed by atoms with E-state index in [1.54, 1.807) is 10.9 Å². The van der Waals surface area contributed by atoms with Gasteiger partial charge in [0.15, 0.2) is 0 Å². The lowest BCUT2D eigenvalue weighted by atomic mass is 9.84. The number of aromatic nitrogens is 2. The van der Waals surface area contributed by atoms with Crippen molar-refractivity contribution in [3.63, 3.8) is 0 Å². The molecule has 1 aliphatic rings. The van der Waals surface area contributed by atoms with Crippen molar-refractivity contribution in [2.24, 2.45) is 5.41 Å². The predicted octanol–water partition coefficient (Wildman–Crippen LogP) is 2.59. The summed E-state index contributed by atoms with van der Waals surface area (Å²) in [6, 6.07) is 1.76. The molecule has 1 aliphatic heterocycles. The van der Waals surface area contributed by atoms with E-state index in [0.29, 0.717) is 0 Å². The van der Waals surface area contributed by atoms with Crippen molar-refractivity contribution < 1.29 is 9.53 Å². The normalized spacial score (nSPS) is 20.0. The van der Waals surface area contributed by atoms with E-state index in [4.69, 9.17) is 4.74 Å². The summed E-state index contributed by atoms with van der Waals surface area (Å²) in [5, 5.41) is 10.5. The number of anilines is 1. The third-order valence-corrected chi connectivity index (χ3v) is 4.47. The first-order valence-corrected chi connectivity index (χ1v) is 8.50. The highest BCUT2D eigenvalue weighted by Crippen LogP contribution is 2.30. The second-order valence-electron chi connectivity index (χ2n) is 7.34. The van der Waals surface area contributed by atoms with Crippen molar-refractivity contribution in [1.82, 2.24) is 15.1 Å². The van der Waals surface area contributed by atoms with Crippen LogP contribution in [0.25, 0.3) is 0 Å². The summed E-state index contributed by atoms with van der Waals surface area (Å²) in [6.07, 6.45) is 4.20. The van der Waals surface area contributed by atoms with E-state index in [9.17, 15) is 4.79 Å². The van der Waals surface area contributed by atoms with E-state index in [-0.39, 0.29) is 29.5 Å². The molecule has 0 aromatic carbocycles. The lowest BCUT2D eigenvalue weighted by Crippen LogP contribution is -2.46. The van der Waals surface area contributed by atoms with Gasteiger partial charge in [-0.3, -0.25) is 4.79 Å². The van der Waals surface area contributed by atoms with Crippen molar-refractivity contribution in [2.45, 2.75) is 65.6 Å². The second-order valence-corrected chi connectivity index (χ2v) is 7.34. The maximum Gasteiger partial charge on any atom is 0.242 e. The first-order valence-electron chi connectivity index (χ1n) is 8.50. The molecular formula is C17H30N4O2. The third-order valence-electron chi connectivity index (χ3n) is 4.47. The summed E-state index contributed by atoms with van der Waals surface area (Å²) in [5.41, 5.74) is 0.0186. The van der Waals surface area contributed by atoms with Crippen LogP contribution < -0.4 is 10.6 Å². The van der Waals surface area contributed by atoms with Crippen LogP contribution in [0, 0.1) is 5.41 Å². The number of hydrogen-bond acceptors (Lipinski definition) is 4. The van der Waals surface area contributed by atoms with E-state index in [1.165, 1.54) is 0 Å². The standard InChI is InChI=1S/C17H30N4O2/c1-12(2)21-15(8-9-19-21)20-16(22)13(3)18-11-17(4,5)14-7-6-10-23-14/h8-9,12-14,18H,6-7,10-11H2,1-5H3,(H,20,22).